The van der Waals surface area contributed by atoms with E-state index in [1.807, 2.05) is 0 Å². The van der Waals surface area contributed by atoms with Crippen molar-refractivity contribution in [1.82, 2.24) is 0 Å². The molecule has 0 saturated carbocycles. The molecule has 2 rings (SSSR count). The quantitative estimate of drug-likeness (QED) is 0.866. The maximum absolute atomic E-state index is 13.3. The van der Waals surface area contributed by atoms with Crippen LogP contribution in [-0.2, 0) is 6.61 Å². The van der Waals surface area contributed by atoms with Gasteiger partial charge in [-0.15, -0.1) is 0 Å². The lowest BCUT2D eigenvalue weighted by Crippen LogP contribution is -2.03. The van der Waals surface area contributed by atoms with Crippen LogP contribution in [0.15, 0.2) is 30.3 Å². The molecule has 0 amide bonds. The van der Waals surface area contributed by atoms with Crippen LogP contribution in [0, 0.1) is 23.3 Å². The number of ether oxygens (including phenoxy) is 1. The molecule has 0 radical (unpaired) electrons. The molecule has 0 aliphatic rings. The lowest BCUT2D eigenvalue weighted by molar-refractivity contribution is 0.262. The molecule has 0 unspecified atom stereocenters. The van der Waals surface area contributed by atoms with Crippen molar-refractivity contribution in [3.05, 3.63) is 59.2 Å². The first-order valence-corrected chi connectivity index (χ1v) is 5.22. The molecule has 6 heteroatoms. The molecule has 0 aliphatic heterocycles. The Bertz CT molecular complexity index is 570. The molecule has 19 heavy (non-hydrogen) atoms. The second kappa shape index (κ2) is 5.17. The van der Waals surface area contributed by atoms with Gasteiger partial charge in [0.1, 0.15) is 24.1 Å². The Morgan fingerprint density at radius 2 is 1.58 bits per heavy atom. The van der Waals surface area contributed by atoms with Gasteiger partial charge >= 0.3 is 0 Å². The third-order valence-corrected chi connectivity index (χ3v) is 2.41. The summed E-state index contributed by atoms with van der Waals surface area (Å²) in [5, 5.41) is 9.30. The maximum Gasteiger partial charge on any atom is 0.197 e. The zero-order valence-corrected chi connectivity index (χ0v) is 9.46. The van der Waals surface area contributed by atoms with Crippen LogP contribution < -0.4 is 4.74 Å². The van der Waals surface area contributed by atoms with Gasteiger partial charge in [0.25, 0.3) is 0 Å². The van der Waals surface area contributed by atoms with Gasteiger partial charge in [0, 0.05) is 12.1 Å². The molecule has 2 aromatic carbocycles. The third kappa shape index (κ3) is 2.78. The zero-order chi connectivity index (χ0) is 14.0. The van der Waals surface area contributed by atoms with Crippen LogP contribution in [0.1, 0.15) is 5.56 Å². The number of rotatable bonds is 3. The first-order chi connectivity index (χ1) is 8.99. The van der Waals surface area contributed by atoms with Crippen LogP contribution >= 0.6 is 0 Å². The van der Waals surface area contributed by atoms with Gasteiger partial charge in [-0.3, -0.25) is 0 Å². The minimum Gasteiger partial charge on any atom is -0.504 e. The second-order valence-corrected chi connectivity index (χ2v) is 3.72. The zero-order valence-electron chi connectivity index (χ0n) is 9.46. The van der Waals surface area contributed by atoms with Crippen LogP contribution in [0.4, 0.5) is 17.6 Å². The minimum absolute atomic E-state index is 0.411. The third-order valence-electron chi connectivity index (χ3n) is 2.41. The van der Waals surface area contributed by atoms with Crippen molar-refractivity contribution in [3.63, 3.8) is 0 Å². The van der Waals surface area contributed by atoms with Crippen LogP contribution in [0.3, 0.4) is 0 Å². The highest BCUT2D eigenvalue weighted by Gasteiger charge is 2.15. The Morgan fingerprint density at radius 1 is 0.947 bits per heavy atom. The van der Waals surface area contributed by atoms with E-state index in [0.29, 0.717) is 12.1 Å². The Hall–Kier alpha value is -2.24. The average molecular weight is 272 g/mol. The number of hydrogen-bond donors (Lipinski definition) is 1. The van der Waals surface area contributed by atoms with E-state index in [4.69, 9.17) is 4.74 Å². The summed E-state index contributed by atoms with van der Waals surface area (Å²) in [6, 6.07) is 4.33. The second-order valence-electron chi connectivity index (χ2n) is 3.72. The molecule has 0 heterocycles. The van der Waals surface area contributed by atoms with E-state index in [-0.39, 0.29) is 0 Å². The molecule has 0 aromatic heterocycles. The summed E-state index contributed by atoms with van der Waals surface area (Å²) < 4.78 is 57.4. The Kier molecular flexibility index (Phi) is 3.59. The highest BCUT2D eigenvalue weighted by molar-refractivity contribution is 5.40. The molecule has 0 fully saturated rings. The van der Waals surface area contributed by atoms with Crippen molar-refractivity contribution in [1.29, 1.82) is 0 Å². The monoisotopic (exact) mass is 272 g/mol. The molecule has 2 aromatic rings. The highest BCUT2D eigenvalue weighted by Crippen LogP contribution is 2.31. The fourth-order valence-electron chi connectivity index (χ4n) is 1.50. The Labute approximate surface area is 105 Å². The summed E-state index contributed by atoms with van der Waals surface area (Å²) in [6.45, 7) is -0.630. The van der Waals surface area contributed by atoms with Crippen LogP contribution in [-0.4, -0.2) is 5.11 Å². The first-order valence-electron chi connectivity index (χ1n) is 5.22. The standard InChI is InChI=1S/C13H8F4O2/c14-7-4-11(17)13(12(18)5-7)19-6-8-9(15)2-1-3-10(8)16/h1-5,18H,6H2. The van der Waals surface area contributed by atoms with E-state index in [1.165, 1.54) is 6.07 Å². The van der Waals surface area contributed by atoms with Gasteiger partial charge in [-0.1, -0.05) is 6.07 Å². The molecule has 2 nitrogen and oxygen atoms in total. The van der Waals surface area contributed by atoms with Gasteiger partial charge in [-0.25, -0.2) is 17.6 Å². The number of aromatic hydroxyl groups is 1. The van der Waals surface area contributed by atoms with E-state index >= 15 is 0 Å². The molecular weight excluding hydrogens is 264 g/mol. The number of hydrogen-bond acceptors (Lipinski definition) is 2. The molecule has 0 aliphatic carbocycles. The summed E-state index contributed by atoms with van der Waals surface area (Å²) in [5.41, 5.74) is -0.411. The summed E-state index contributed by atoms with van der Waals surface area (Å²) in [4.78, 5) is 0. The largest absolute Gasteiger partial charge is 0.504 e. The molecule has 1 N–H and O–H groups in total. The molecular formula is C13H8F4O2. The first kappa shape index (κ1) is 13.2. The van der Waals surface area contributed by atoms with Gasteiger partial charge in [-0.2, -0.15) is 0 Å². The van der Waals surface area contributed by atoms with E-state index < -0.39 is 46.9 Å². The van der Waals surface area contributed by atoms with E-state index in [2.05, 4.69) is 0 Å². The van der Waals surface area contributed by atoms with Gasteiger partial charge in [-0.05, 0) is 12.1 Å². The van der Waals surface area contributed by atoms with Crippen LogP contribution in [0.5, 0.6) is 11.5 Å². The lowest BCUT2D eigenvalue weighted by atomic mass is 10.2. The van der Waals surface area contributed by atoms with E-state index in [1.54, 1.807) is 0 Å². The smallest absolute Gasteiger partial charge is 0.197 e. The maximum atomic E-state index is 13.3. The minimum atomic E-state index is -1.16. The van der Waals surface area contributed by atoms with Crippen molar-refractivity contribution >= 4 is 0 Å². The molecule has 0 spiro atoms. The molecule has 100 valence electrons. The van der Waals surface area contributed by atoms with Gasteiger partial charge < -0.3 is 9.84 Å². The SMILES string of the molecule is Oc1cc(F)cc(F)c1OCc1c(F)cccc1F. The number of halogens is 4. The van der Waals surface area contributed by atoms with Crippen molar-refractivity contribution in [2.24, 2.45) is 0 Å². The fourth-order valence-corrected chi connectivity index (χ4v) is 1.50. The topological polar surface area (TPSA) is 29.5 Å². The number of benzene rings is 2. The van der Waals surface area contributed by atoms with E-state index in [0.717, 1.165) is 12.1 Å². The lowest BCUT2D eigenvalue weighted by Gasteiger charge is -2.10. The van der Waals surface area contributed by atoms with Crippen molar-refractivity contribution in [2.45, 2.75) is 6.61 Å². The molecule has 0 atom stereocenters. The Morgan fingerprint density at radius 3 is 2.16 bits per heavy atom. The van der Waals surface area contributed by atoms with Crippen LogP contribution in [0.2, 0.25) is 0 Å². The van der Waals surface area contributed by atoms with Crippen LogP contribution in [0.25, 0.3) is 0 Å². The highest BCUT2D eigenvalue weighted by atomic mass is 19.1. The number of phenolic OH excluding ortho intramolecular Hbond substituents is 1. The summed E-state index contributed by atoms with van der Waals surface area (Å²) in [5.74, 6) is -5.31. The van der Waals surface area contributed by atoms with Gasteiger partial charge in [0.2, 0.25) is 0 Å². The fraction of sp³-hybridized carbons (Fsp3) is 0.0769. The van der Waals surface area contributed by atoms with Crippen molar-refractivity contribution in [3.8, 4) is 11.5 Å². The van der Waals surface area contributed by atoms with Gasteiger partial charge in [0.05, 0.1) is 5.56 Å². The summed E-state index contributed by atoms with van der Waals surface area (Å²) in [6.07, 6.45) is 0. The summed E-state index contributed by atoms with van der Waals surface area (Å²) >= 11 is 0. The van der Waals surface area contributed by atoms with E-state index in [9.17, 15) is 22.7 Å². The number of phenols is 1. The summed E-state index contributed by atoms with van der Waals surface area (Å²) in [7, 11) is 0. The Balaban J connectivity index is 2.24. The normalized spacial score (nSPS) is 10.5. The van der Waals surface area contributed by atoms with Gasteiger partial charge in [0.15, 0.2) is 17.3 Å². The predicted octanol–water partition coefficient (Wildman–Crippen LogP) is 3.53. The van der Waals surface area contributed by atoms with Crippen molar-refractivity contribution < 1.29 is 27.4 Å². The molecule has 0 saturated heterocycles. The molecule has 0 bridgehead atoms. The average Bonchev–Trinajstić information content (AvgIpc) is 2.31. The predicted molar refractivity (Wildman–Crippen MR) is 58.7 cm³/mol. The van der Waals surface area contributed by atoms with Crippen molar-refractivity contribution in [2.75, 3.05) is 0 Å².